The van der Waals surface area contributed by atoms with E-state index >= 15 is 0 Å². The number of nitrogens with zero attached hydrogens (tertiary/aromatic N) is 1. The molecule has 1 atom stereocenters. The Balaban J connectivity index is 2.18. The van der Waals surface area contributed by atoms with E-state index in [4.69, 9.17) is 10.1 Å². The summed E-state index contributed by atoms with van der Waals surface area (Å²) in [6.07, 6.45) is 5.01. The van der Waals surface area contributed by atoms with E-state index in [1.54, 1.807) is 7.11 Å². The molecule has 0 amide bonds. The van der Waals surface area contributed by atoms with E-state index in [-0.39, 0.29) is 0 Å². The van der Waals surface area contributed by atoms with Crippen molar-refractivity contribution < 1.29 is 4.74 Å². The molecule has 0 saturated carbocycles. The third-order valence-electron chi connectivity index (χ3n) is 2.98. The highest BCUT2D eigenvalue weighted by Crippen LogP contribution is 2.30. The maximum Gasteiger partial charge on any atom is 0.123 e. The lowest BCUT2D eigenvalue weighted by molar-refractivity contribution is 0.396. The SMILES string of the molecule is COc1ccccc1C1CCCCC[N]1. The molecule has 0 spiro atoms. The van der Waals surface area contributed by atoms with Crippen molar-refractivity contribution in [3.8, 4) is 5.75 Å². The molecular formula is C13H18NO. The first-order valence-electron chi connectivity index (χ1n) is 5.71. The minimum absolute atomic E-state index is 0.351. The van der Waals surface area contributed by atoms with Gasteiger partial charge in [0.2, 0.25) is 0 Å². The molecule has 1 fully saturated rings. The summed E-state index contributed by atoms with van der Waals surface area (Å²) >= 11 is 0. The van der Waals surface area contributed by atoms with Crippen LogP contribution in [0.4, 0.5) is 0 Å². The van der Waals surface area contributed by atoms with Crippen LogP contribution in [0.25, 0.3) is 0 Å². The molecule has 81 valence electrons. The number of ether oxygens (including phenoxy) is 1. The number of hydrogen-bond donors (Lipinski definition) is 0. The van der Waals surface area contributed by atoms with Crippen LogP contribution < -0.4 is 10.1 Å². The zero-order valence-corrected chi connectivity index (χ0v) is 9.28. The van der Waals surface area contributed by atoms with Gasteiger partial charge in [0.15, 0.2) is 0 Å². The molecule has 1 aromatic rings. The van der Waals surface area contributed by atoms with Gasteiger partial charge in [-0.25, -0.2) is 5.32 Å². The lowest BCUT2D eigenvalue weighted by Gasteiger charge is -2.17. The van der Waals surface area contributed by atoms with Crippen LogP contribution in [-0.2, 0) is 0 Å². The molecule has 1 saturated heterocycles. The van der Waals surface area contributed by atoms with E-state index in [1.807, 2.05) is 12.1 Å². The normalized spacial score (nSPS) is 22.1. The Hall–Kier alpha value is -1.02. The van der Waals surface area contributed by atoms with Gasteiger partial charge in [0.05, 0.1) is 13.2 Å². The van der Waals surface area contributed by atoms with Gasteiger partial charge < -0.3 is 4.74 Å². The summed E-state index contributed by atoms with van der Waals surface area (Å²) in [7, 11) is 1.73. The summed E-state index contributed by atoms with van der Waals surface area (Å²) in [6.45, 7) is 1.00. The summed E-state index contributed by atoms with van der Waals surface area (Å²) in [5, 5.41) is 4.72. The standard InChI is InChI=1S/C13H18NO/c1-15-13-9-5-4-7-11(13)12-8-3-2-6-10-14-12/h4-5,7,9,12H,2-3,6,8,10H2,1H3. The summed E-state index contributed by atoms with van der Waals surface area (Å²) in [5.41, 5.74) is 1.25. The molecule has 1 unspecified atom stereocenters. The van der Waals surface area contributed by atoms with Gasteiger partial charge >= 0.3 is 0 Å². The van der Waals surface area contributed by atoms with Gasteiger partial charge in [0, 0.05) is 12.1 Å². The van der Waals surface area contributed by atoms with Crippen molar-refractivity contribution in [3.05, 3.63) is 29.8 Å². The largest absolute Gasteiger partial charge is 0.496 e. The van der Waals surface area contributed by atoms with Crippen molar-refractivity contribution >= 4 is 0 Å². The van der Waals surface area contributed by atoms with Gasteiger partial charge in [-0.1, -0.05) is 31.0 Å². The summed E-state index contributed by atoms with van der Waals surface area (Å²) in [4.78, 5) is 0. The number of para-hydroxylation sites is 1. The van der Waals surface area contributed by atoms with Crippen molar-refractivity contribution in [2.45, 2.75) is 31.7 Å². The lowest BCUT2D eigenvalue weighted by atomic mass is 10.0. The quantitative estimate of drug-likeness (QED) is 0.726. The Bertz CT molecular complexity index is 303. The molecule has 1 aromatic carbocycles. The monoisotopic (exact) mass is 204 g/mol. The van der Waals surface area contributed by atoms with Gasteiger partial charge in [0.25, 0.3) is 0 Å². The average Bonchev–Trinajstić information content (AvgIpc) is 2.57. The second-order valence-corrected chi connectivity index (χ2v) is 4.01. The Morgan fingerprint density at radius 3 is 2.93 bits per heavy atom. The van der Waals surface area contributed by atoms with E-state index in [2.05, 4.69) is 12.1 Å². The molecule has 0 aromatic heterocycles. The molecule has 2 rings (SSSR count). The fourth-order valence-electron chi connectivity index (χ4n) is 2.16. The number of benzene rings is 1. The highest BCUT2D eigenvalue weighted by atomic mass is 16.5. The van der Waals surface area contributed by atoms with Gasteiger partial charge in [-0.2, -0.15) is 0 Å². The second kappa shape index (κ2) is 5.17. The summed E-state index contributed by atoms with van der Waals surface area (Å²) in [5.74, 6) is 0.980. The zero-order chi connectivity index (χ0) is 10.5. The van der Waals surface area contributed by atoms with Gasteiger partial charge in [-0.05, 0) is 18.9 Å². The van der Waals surface area contributed by atoms with Crippen LogP contribution in [0.3, 0.4) is 0 Å². The van der Waals surface area contributed by atoms with Crippen LogP contribution in [0.5, 0.6) is 5.75 Å². The van der Waals surface area contributed by atoms with Crippen molar-refractivity contribution in [1.82, 2.24) is 5.32 Å². The van der Waals surface area contributed by atoms with E-state index in [9.17, 15) is 0 Å². The topological polar surface area (TPSA) is 23.3 Å². The van der Waals surface area contributed by atoms with Crippen LogP contribution in [0, 0.1) is 0 Å². The Kier molecular flexibility index (Phi) is 3.62. The van der Waals surface area contributed by atoms with Crippen molar-refractivity contribution in [1.29, 1.82) is 0 Å². The van der Waals surface area contributed by atoms with E-state index in [1.165, 1.54) is 31.2 Å². The molecule has 1 radical (unpaired) electrons. The lowest BCUT2D eigenvalue weighted by Crippen LogP contribution is -2.13. The summed E-state index contributed by atoms with van der Waals surface area (Å²) in [6, 6.07) is 8.59. The third-order valence-corrected chi connectivity index (χ3v) is 2.98. The van der Waals surface area contributed by atoms with Crippen molar-refractivity contribution in [2.24, 2.45) is 0 Å². The fraction of sp³-hybridized carbons (Fsp3) is 0.538. The van der Waals surface area contributed by atoms with E-state index < -0.39 is 0 Å². The Morgan fingerprint density at radius 2 is 2.07 bits per heavy atom. The van der Waals surface area contributed by atoms with Crippen LogP contribution in [0.15, 0.2) is 24.3 Å². The van der Waals surface area contributed by atoms with Crippen LogP contribution in [-0.4, -0.2) is 13.7 Å². The second-order valence-electron chi connectivity index (χ2n) is 4.01. The van der Waals surface area contributed by atoms with Crippen molar-refractivity contribution in [2.75, 3.05) is 13.7 Å². The molecule has 0 N–H and O–H groups in total. The van der Waals surface area contributed by atoms with Crippen molar-refractivity contribution in [3.63, 3.8) is 0 Å². The smallest absolute Gasteiger partial charge is 0.123 e. The molecule has 2 heteroatoms. The zero-order valence-electron chi connectivity index (χ0n) is 9.28. The first-order chi connectivity index (χ1) is 7.42. The maximum absolute atomic E-state index is 5.38. The van der Waals surface area contributed by atoms with E-state index in [0.29, 0.717) is 6.04 Å². The Labute approximate surface area is 91.6 Å². The first-order valence-corrected chi connectivity index (χ1v) is 5.71. The average molecular weight is 204 g/mol. The predicted octanol–water partition coefficient (Wildman–Crippen LogP) is 2.91. The van der Waals surface area contributed by atoms with E-state index in [0.717, 1.165) is 12.3 Å². The number of methoxy groups -OCH3 is 1. The van der Waals surface area contributed by atoms with Gasteiger partial charge in [-0.3, -0.25) is 0 Å². The number of rotatable bonds is 2. The van der Waals surface area contributed by atoms with Crippen LogP contribution in [0.1, 0.15) is 37.3 Å². The molecule has 1 aliphatic rings. The predicted molar refractivity (Wildman–Crippen MR) is 61.2 cm³/mol. The minimum atomic E-state index is 0.351. The molecule has 15 heavy (non-hydrogen) atoms. The molecule has 1 heterocycles. The highest BCUT2D eigenvalue weighted by molar-refractivity contribution is 5.35. The molecule has 1 aliphatic heterocycles. The fourth-order valence-corrected chi connectivity index (χ4v) is 2.16. The molecular weight excluding hydrogens is 186 g/mol. The third kappa shape index (κ3) is 2.51. The molecule has 0 aliphatic carbocycles. The Morgan fingerprint density at radius 1 is 1.20 bits per heavy atom. The first kappa shape index (κ1) is 10.5. The maximum atomic E-state index is 5.38. The number of hydrogen-bond acceptors (Lipinski definition) is 1. The van der Waals surface area contributed by atoms with Gasteiger partial charge in [-0.15, -0.1) is 0 Å². The minimum Gasteiger partial charge on any atom is -0.496 e. The summed E-state index contributed by atoms with van der Waals surface area (Å²) < 4.78 is 5.38. The highest BCUT2D eigenvalue weighted by Gasteiger charge is 2.17. The van der Waals surface area contributed by atoms with Gasteiger partial charge in [0.1, 0.15) is 5.75 Å². The van der Waals surface area contributed by atoms with Crippen LogP contribution >= 0.6 is 0 Å². The van der Waals surface area contributed by atoms with Crippen LogP contribution in [0.2, 0.25) is 0 Å². The molecule has 2 nitrogen and oxygen atoms in total. The molecule has 0 bridgehead atoms.